The fourth-order valence-corrected chi connectivity index (χ4v) is 7.45. The third kappa shape index (κ3) is 2.46. The molecule has 0 radical (unpaired) electrons. The molecule has 4 bridgehead atoms. The van der Waals surface area contributed by atoms with Gasteiger partial charge in [-0.2, -0.15) is 0 Å². The number of nitrogens with one attached hydrogen (secondary N) is 1. The minimum Gasteiger partial charge on any atom is -0.271 e. The Bertz CT molecular complexity index is 527. The quantitative estimate of drug-likeness (QED) is 0.637. The minimum absolute atomic E-state index is 0.400. The second kappa shape index (κ2) is 4.95. The van der Waals surface area contributed by atoms with Crippen LogP contribution in [0.2, 0.25) is 4.34 Å². The van der Waals surface area contributed by atoms with Crippen molar-refractivity contribution in [2.45, 2.75) is 57.9 Å². The molecule has 1 aromatic heterocycles. The fraction of sp³-hybridized carbons (Fsp3) is 0.765. The van der Waals surface area contributed by atoms with Crippen LogP contribution in [0.4, 0.5) is 0 Å². The Kier molecular flexibility index (Phi) is 3.42. The number of nitrogens with two attached hydrogens (primary N) is 1. The lowest BCUT2D eigenvalue weighted by molar-refractivity contribution is -0.118. The third-order valence-electron chi connectivity index (χ3n) is 6.37. The highest BCUT2D eigenvalue weighted by atomic mass is 35.5. The number of thiophene rings is 1. The van der Waals surface area contributed by atoms with Gasteiger partial charge in [-0.15, -0.1) is 11.3 Å². The van der Waals surface area contributed by atoms with Crippen LogP contribution in [0.5, 0.6) is 0 Å². The first-order chi connectivity index (χ1) is 10.0. The molecule has 1 aromatic rings. The molecule has 0 aromatic carbocycles. The van der Waals surface area contributed by atoms with Crippen molar-refractivity contribution in [3.05, 3.63) is 21.3 Å². The molecule has 0 aliphatic heterocycles. The summed E-state index contributed by atoms with van der Waals surface area (Å²) in [4.78, 5) is 1.36. The monoisotopic (exact) mass is 324 g/mol. The zero-order valence-electron chi connectivity index (χ0n) is 12.7. The maximum absolute atomic E-state index is 6.09. The zero-order chi connectivity index (χ0) is 14.7. The molecule has 1 heterocycles. The Morgan fingerprint density at radius 1 is 1.33 bits per heavy atom. The van der Waals surface area contributed by atoms with Gasteiger partial charge in [-0.25, -0.2) is 0 Å². The summed E-state index contributed by atoms with van der Waals surface area (Å²) in [5.41, 5.74) is 4.19. The first-order valence-corrected chi connectivity index (χ1v) is 9.40. The lowest BCUT2D eigenvalue weighted by atomic mass is 9.43. The topological polar surface area (TPSA) is 38.0 Å². The summed E-state index contributed by atoms with van der Waals surface area (Å²) in [6.07, 6.45) is 9.53. The van der Waals surface area contributed by atoms with Gasteiger partial charge in [0.2, 0.25) is 0 Å². The van der Waals surface area contributed by atoms with Crippen molar-refractivity contribution in [2.24, 2.45) is 28.5 Å². The van der Waals surface area contributed by atoms with Crippen LogP contribution >= 0.6 is 22.9 Å². The SMILES string of the molecule is CC12CC3CC(C1)CC(C(Cc1ccc(Cl)s1)NN)(C3)C2. The smallest absolute Gasteiger partial charge is 0.0931 e. The van der Waals surface area contributed by atoms with Crippen LogP contribution in [0.25, 0.3) is 0 Å². The van der Waals surface area contributed by atoms with Gasteiger partial charge in [0, 0.05) is 10.9 Å². The van der Waals surface area contributed by atoms with E-state index in [0.29, 0.717) is 16.9 Å². The lowest BCUT2D eigenvalue weighted by Crippen LogP contribution is -2.60. The van der Waals surface area contributed by atoms with Crippen molar-refractivity contribution in [3.8, 4) is 0 Å². The summed E-state index contributed by atoms with van der Waals surface area (Å²) in [6.45, 7) is 2.52. The summed E-state index contributed by atoms with van der Waals surface area (Å²) in [5, 5.41) is 0. The van der Waals surface area contributed by atoms with E-state index in [1.54, 1.807) is 11.3 Å². The average Bonchev–Trinajstić information content (AvgIpc) is 2.78. The molecule has 4 aliphatic rings. The van der Waals surface area contributed by atoms with E-state index in [1.165, 1.54) is 43.4 Å². The number of hydrogen-bond donors (Lipinski definition) is 2. The van der Waals surface area contributed by atoms with Gasteiger partial charge >= 0.3 is 0 Å². The van der Waals surface area contributed by atoms with E-state index in [9.17, 15) is 0 Å². The summed E-state index contributed by atoms with van der Waals surface area (Å²) in [7, 11) is 0. The summed E-state index contributed by atoms with van der Waals surface area (Å²) >= 11 is 7.80. The van der Waals surface area contributed by atoms with Crippen LogP contribution in [0.1, 0.15) is 50.3 Å². The van der Waals surface area contributed by atoms with Crippen LogP contribution in [-0.4, -0.2) is 6.04 Å². The number of hydrogen-bond acceptors (Lipinski definition) is 3. The van der Waals surface area contributed by atoms with E-state index in [2.05, 4.69) is 18.4 Å². The Morgan fingerprint density at radius 3 is 2.57 bits per heavy atom. The molecule has 3 atom stereocenters. The second-order valence-electron chi connectivity index (χ2n) is 8.26. The van der Waals surface area contributed by atoms with Gasteiger partial charge in [-0.3, -0.25) is 11.3 Å². The molecule has 116 valence electrons. The Balaban J connectivity index is 1.60. The Hall–Kier alpha value is -0.0900. The molecule has 0 spiro atoms. The summed E-state index contributed by atoms with van der Waals surface area (Å²) in [6, 6.07) is 4.58. The fourth-order valence-electron chi connectivity index (χ4n) is 6.32. The van der Waals surface area contributed by atoms with E-state index in [-0.39, 0.29) is 0 Å². The molecule has 4 heteroatoms. The maximum atomic E-state index is 6.09. The van der Waals surface area contributed by atoms with Crippen molar-refractivity contribution in [1.29, 1.82) is 0 Å². The standard InChI is InChI=1S/C17H25ClN2S/c1-16-6-11-4-12(7-16)9-17(8-11,10-16)14(20-19)5-13-2-3-15(18)21-13/h2-3,11-12,14,20H,4-10,19H2,1H3. The predicted molar refractivity (Wildman–Crippen MR) is 89.4 cm³/mol. The van der Waals surface area contributed by atoms with E-state index >= 15 is 0 Å². The summed E-state index contributed by atoms with van der Waals surface area (Å²) in [5.74, 6) is 7.90. The zero-order valence-corrected chi connectivity index (χ0v) is 14.3. The predicted octanol–water partition coefficient (Wildman–Crippen LogP) is 4.38. The maximum Gasteiger partial charge on any atom is 0.0931 e. The molecular formula is C17H25ClN2S. The Morgan fingerprint density at radius 2 is 2.05 bits per heavy atom. The van der Waals surface area contributed by atoms with Crippen molar-refractivity contribution in [2.75, 3.05) is 0 Å². The number of hydrazine groups is 1. The molecule has 21 heavy (non-hydrogen) atoms. The van der Waals surface area contributed by atoms with Crippen LogP contribution in [0, 0.1) is 22.7 Å². The normalized spacial score (nSPS) is 42.4. The Labute approximate surface area is 136 Å². The molecule has 4 aliphatic carbocycles. The molecule has 5 rings (SSSR count). The van der Waals surface area contributed by atoms with Crippen molar-refractivity contribution >= 4 is 22.9 Å². The lowest BCUT2D eigenvalue weighted by Gasteiger charge is -2.63. The van der Waals surface area contributed by atoms with Gasteiger partial charge in [0.25, 0.3) is 0 Å². The van der Waals surface area contributed by atoms with E-state index in [4.69, 9.17) is 17.4 Å². The van der Waals surface area contributed by atoms with E-state index in [1.807, 2.05) is 6.07 Å². The molecule has 3 unspecified atom stereocenters. The van der Waals surface area contributed by atoms with Crippen molar-refractivity contribution in [3.63, 3.8) is 0 Å². The summed E-state index contributed by atoms with van der Waals surface area (Å²) < 4.78 is 0.887. The number of rotatable bonds is 4. The third-order valence-corrected chi connectivity index (χ3v) is 7.63. The highest BCUT2D eigenvalue weighted by Gasteiger charge is 2.58. The molecule has 3 N–H and O–H groups in total. The highest BCUT2D eigenvalue weighted by Crippen LogP contribution is 2.66. The van der Waals surface area contributed by atoms with Gasteiger partial charge in [-0.05, 0) is 79.7 Å². The molecule has 0 amide bonds. The van der Waals surface area contributed by atoms with E-state index in [0.717, 1.165) is 22.6 Å². The molecular weight excluding hydrogens is 300 g/mol. The van der Waals surface area contributed by atoms with Crippen LogP contribution in [-0.2, 0) is 6.42 Å². The van der Waals surface area contributed by atoms with E-state index < -0.39 is 0 Å². The first-order valence-electron chi connectivity index (χ1n) is 8.21. The van der Waals surface area contributed by atoms with Gasteiger partial charge < -0.3 is 0 Å². The van der Waals surface area contributed by atoms with Crippen molar-refractivity contribution < 1.29 is 0 Å². The second-order valence-corrected chi connectivity index (χ2v) is 10.1. The van der Waals surface area contributed by atoms with Gasteiger partial charge in [0.1, 0.15) is 0 Å². The number of halogens is 1. The molecule has 0 saturated heterocycles. The first kappa shape index (κ1) is 14.5. The van der Waals surface area contributed by atoms with Crippen LogP contribution in [0.15, 0.2) is 12.1 Å². The molecule has 4 saturated carbocycles. The van der Waals surface area contributed by atoms with Gasteiger partial charge in [-0.1, -0.05) is 18.5 Å². The minimum atomic E-state index is 0.400. The molecule has 4 fully saturated rings. The van der Waals surface area contributed by atoms with Gasteiger partial charge in [0.05, 0.1) is 4.34 Å². The largest absolute Gasteiger partial charge is 0.271 e. The van der Waals surface area contributed by atoms with Crippen molar-refractivity contribution in [1.82, 2.24) is 5.43 Å². The molecule has 2 nitrogen and oxygen atoms in total. The van der Waals surface area contributed by atoms with Crippen LogP contribution in [0.3, 0.4) is 0 Å². The highest BCUT2D eigenvalue weighted by molar-refractivity contribution is 7.16. The van der Waals surface area contributed by atoms with Gasteiger partial charge in [0.15, 0.2) is 0 Å². The average molecular weight is 325 g/mol. The van der Waals surface area contributed by atoms with Crippen LogP contribution < -0.4 is 11.3 Å².